The van der Waals surface area contributed by atoms with E-state index >= 15 is 0 Å². The molecule has 2 atom stereocenters. The van der Waals surface area contributed by atoms with Crippen LogP contribution in [0.4, 0.5) is 0 Å². The van der Waals surface area contributed by atoms with Gasteiger partial charge in [-0.1, -0.05) is 199 Å². The summed E-state index contributed by atoms with van der Waals surface area (Å²) in [5, 5.41) is 0.0727. The first-order valence-corrected chi connectivity index (χ1v) is 23.4. The molecule has 0 aliphatic carbocycles. The Hall–Kier alpha value is -1.17. The highest BCUT2D eigenvalue weighted by Crippen LogP contribution is 2.39. The number of ether oxygens (including phenoxy) is 2. The summed E-state index contributed by atoms with van der Waals surface area (Å²) in [4.78, 5) is 13.1. The van der Waals surface area contributed by atoms with Crippen molar-refractivity contribution in [3.05, 3.63) is 35.9 Å². The van der Waals surface area contributed by atoms with Crippen LogP contribution in [0.3, 0.4) is 0 Å². The first-order chi connectivity index (χ1) is 23.1. The molecule has 0 heterocycles. The monoisotopic (exact) mass is 689 g/mol. The third-order valence-corrected chi connectivity index (χ3v) is 15.2. The maximum Gasteiger partial charge on any atom is 0.311 e. The van der Waals surface area contributed by atoms with Gasteiger partial charge in [-0.25, -0.2) is 0 Å². The highest BCUT2D eigenvalue weighted by molar-refractivity contribution is 6.74. The van der Waals surface area contributed by atoms with E-state index in [1.807, 2.05) is 18.2 Å². The zero-order valence-electron chi connectivity index (χ0n) is 33.1. The molecule has 0 aliphatic rings. The van der Waals surface area contributed by atoms with Gasteiger partial charge in [-0.15, -0.1) is 0 Å². The lowest BCUT2D eigenvalue weighted by Gasteiger charge is -2.41. The van der Waals surface area contributed by atoms with E-state index in [4.69, 9.17) is 13.9 Å². The number of methoxy groups -OCH3 is 1. The van der Waals surface area contributed by atoms with Crippen molar-refractivity contribution in [2.24, 2.45) is 5.92 Å². The summed E-state index contributed by atoms with van der Waals surface area (Å²) in [5.74, 6) is -0.375. The largest absolute Gasteiger partial charge is 0.469 e. The summed E-state index contributed by atoms with van der Waals surface area (Å²) >= 11 is 0. The number of esters is 1. The molecule has 0 fully saturated rings. The van der Waals surface area contributed by atoms with Gasteiger partial charge >= 0.3 is 5.97 Å². The molecule has 48 heavy (non-hydrogen) atoms. The summed E-state index contributed by atoms with van der Waals surface area (Å²) in [7, 11) is -0.558. The lowest BCUT2D eigenvalue weighted by atomic mass is 9.93. The fourth-order valence-corrected chi connectivity index (χ4v) is 7.83. The van der Waals surface area contributed by atoms with Crippen LogP contribution < -0.4 is 0 Å². The molecule has 0 unspecified atom stereocenters. The molecule has 0 bridgehead atoms. The Labute approximate surface area is 300 Å². The fraction of sp³-hybridized carbons (Fsp3) is 0.837. The van der Waals surface area contributed by atoms with E-state index in [9.17, 15) is 4.79 Å². The highest BCUT2D eigenvalue weighted by atomic mass is 28.4. The van der Waals surface area contributed by atoms with Gasteiger partial charge in [-0.2, -0.15) is 0 Å². The number of hydrogen-bond donors (Lipinski definition) is 0. The van der Waals surface area contributed by atoms with Gasteiger partial charge in [0.25, 0.3) is 0 Å². The summed E-state index contributed by atoms with van der Waals surface area (Å²) in [6.07, 6.45) is 31.8. The Balaban J connectivity index is 2.23. The van der Waals surface area contributed by atoms with Gasteiger partial charge in [-0.05, 0) is 36.5 Å². The Kier molecular flexibility index (Phi) is 26.6. The van der Waals surface area contributed by atoms with Gasteiger partial charge in [0.05, 0.1) is 25.7 Å². The molecule has 0 saturated heterocycles. The molecule has 1 aromatic rings. The van der Waals surface area contributed by atoms with E-state index in [1.54, 1.807) is 0 Å². The molecule has 0 amide bonds. The molecule has 5 heteroatoms. The molecular weight excluding hydrogens is 609 g/mol. The third-order valence-electron chi connectivity index (χ3n) is 10.7. The molecular formula is C43H80O4Si. The summed E-state index contributed by atoms with van der Waals surface area (Å²) in [6, 6.07) is 10.3. The Morgan fingerprint density at radius 2 is 1.06 bits per heavy atom. The van der Waals surface area contributed by atoms with E-state index in [0.29, 0.717) is 19.6 Å². The maximum atomic E-state index is 13.1. The van der Waals surface area contributed by atoms with Crippen molar-refractivity contribution in [2.45, 2.75) is 213 Å². The van der Waals surface area contributed by atoms with Crippen molar-refractivity contribution in [1.29, 1.82) is 0 Å². The molecule has 4 nitrogen and oxygen atoms in total. The van der Waals surface area contributed by atoms with Gasteiger partial charge in [0.1, 0.15) is 0 Å². The van der Waals surface area contributed by atoms with Crippen LogP contribution in [0.5, 0.6) is 0 Å². The lowest BCUT2D eigenvalue weighted by molar-refractivity contribution is -0.150. The molecule has 1 aromatic carbocycles. The molecule has 0 saturated carbocycles. The molecule has 1 rings (SSSR count). The number of carbonyl (C=O) groups excluding carboxylic acids is 1. The van der Waals surface area contributed by atoms with E-state index in [2.05, 4.69) is 52.9 Å². The minimum atomic E-state index is -2.08. The maximum absolute atomic E-state index is 13.1. The Morgan fingerprint density at radius 1 is 0.646 bits per heavy atom. The number of benzene rings is 1. The van der Waals surface area contributed by atoms with Crippen molar-refractivity contribution in [2.75, 3.05) is 13.7 Å². The van der Waals surface area contributed by atoms with Gasteiger partial charge in [0.15, 0.2) is 8.32 Å². The van der Waals surface area contributed by atoms with E-state index in [-0.39, 0.29) is 23.0 Å². The summed E-state index contributed by atoms with van der Waals surface area (Å²) in [5.41, 5.74) is 1.17. The average Bonchev–Trinajstić information content (AvgIpc) is 3.06. The van der Waals surface area contributed by atoms with Crippen LogP contribution in [0, 0.1) is 5.92 Å². The first-order valence-electron chi connectivity index (χ1n) is 20.5. The molecule has 0 radical (unpaired) electrons. The topological polar surface area (TPSA) is 44.8 Å². The third kappa shape index (κ3) is 22.5. The molecule has 280 valence electrons. The second kappa shape index (κ2) is 28.5. The molecule has 0 aromatic heterocycles. The van der Waals surface area contributed by atoms with Gasteiger partial charge in [0.2, 0.25) is 0 Å². The predicted octanol–water partition coefficient (Wildman–Crippen LogP) is 13.8. The zero-order valence-corrected chi connectivity index (χ0v) is 34.1. The van der Waals surface area contributed by atoms with E-state index in [0.717, 1.165) is 12.8 Å². The molecule has 0 aliphatic heterocycles. The second-order valence-electron chi connectivity index (χ2n) is 16.1. The number of carbonyl (C=O) groups is 1. The summed E-state index contributed by atoms with van der Waals surface area (Å²) in [6.45, 7) is 14.8. The van der Waals surface area contributed by atoms with Crippen molar-refractivity contribution in [3.8, 4) is 0 Å². The van der Waals surface area contributed by atoms with Crippen molar-refractivity contribution in [3.63, 3.8) is 0 Å². The van der Waals surface area contributed by atoms with Crippen LogP contribution in [0.25, 0.3) is 0 Å². The Morgan fingerprint density at radius 3 is 1.46 bits per heavy atom. The standard InChI is InChI=1S/C43H80O4Si/c1-8-9-10-11-12-13-14-15-16-17-18-19-20-21-22-23-24-25-26-27-28-32-35-40(42(44)45-5)41(47-48(6,7)43(2,3)4)36-37-46-38-39-33-30-29-31-34-39/h29-31,33-34,40-41H,8-28,32,35-38H2,1-7H3/t40-,41-/m1/s1. The smallest absolute Gasteiger partial charge is 0.311 e. The number of rotatable bonds is 32. The van der Waals surface area contributed by atoms with Crippen LogP contribution in [-0.4, -0.2) is 34.1 Å². The normalized spacial score (nSPS) is 13.5. The fourth-order valence-electron chi connectivity index (χ4n) is 6.44. The minimum Gasteiger partial charge on any atom is -0.469 e. The molecule has 0 N–H and O–H groups in total. The van der Waals surface area contributed by atoms with E-state index in [1.165, 1.54) is 148 Å². The lowest BCUT2D eigenvalue weighted by Crippen LogP contribution is -2.47. The van der Waals surface area contributed by atoms with Crippen LogP contribution in [0.1, 0.15) is 187 Å². The minimum absolute atomic E-state index is 0.0727. The second-order valence-corrected chi connectivity index (χ2v) is 20.8. The summed E-state index contributed by atoms with van der Waals surface area (Å²) < 4.78 is 18.3. The van der Waals surface area contributed by atoms with Crippen molar-refractivity contribution >= 4 is 14.3 Å². The quantitative estimate of drug-likeness (QED) is 0.0429. The number of hydrogen-bond acceptors (Lipinski definition) is 4. The predicted molar refractivity (Wildman–Crippen MR) is 210 cm³/mol. The van der Waals surface area contributed by atoms with E-state index < -0.39 is 8.32 Å². The van der Waals surface area contributed by atoms with Crippen molar-refractivity contribution < 1.29 is 18.7 Å². The van der Waals surface area contributed by atoms with Crippen LogP contribution in [0.15, 0.2) is 30.3 Å². The highest BCUT2D eigenvalue weighted by Gasteiger charge is 2.42. The zero-order chi connectivity index (χ0) is 35.4. The van der Waals surface area contributed by atoms with Gasteiger partial charge in [-0.3, -0.25) is 4.79 Å². The van der Waals surface area contributed by atoms with Crippen LogP contribution >= 0.6 is 0 Å². The number of unbranched alkanes of at least 4 members (excludes halogenated alkanes) is 21. The molecule has 0 spiro atoms. The SMILES string of the molecule is CCCCCCCCCCCCCCCCCCCCCCCC[C@@H](C(=O)OC)[C@@H](CCOCc1ccccc1)O[Si](C)(C)C(C)(C)C. The Bertz CT molecular complexity index is 865. The van der Waals surface area contributed by atoms with Crippen LogP contribution in [0.2, 0.25) is 18.1 Å². The van der Waals surface area contributed by atoms with Gasteiger partial charge in [0, 0.05) is 6.61 Å². The van der Waals surface area contributed by atoms with Crippen LogP contribution in [-0.2, 0) is 25.3 Å². The van der Waals surface area contributed by atoms with Gasteiger partial charge < -0.3 is 13.9 Å². The average molecular weight is 689 g/mol. The van der Waals surface area contributed by atoms with Crippen molar-refractivity contribution in [1.82, 2.24) is 0 Å². The first kappa shape index (κ1) is 44.8.